The van der Waals surface area contributed by atoms with Gasteiger partial charge >= 0.3 is 0 Å². The van der Waals surface area contributed by atoms with Crippen LogP contribution in [0.1, 0.15) is 18.1 Å². The number of hydrogen-bond donors (Lipinski definition) is 1. The monoisotopic (exact) mass is 483 g/mol. The van der Waals surface area contributed by atoms with Crippen LogP contribution in [0.4, 0.5) is 0 Å². The number of methoxy groups -OCH3 is 1. The average molecular weight is 484 g/mol. The molecule has 1 amide bonds. The van der Waals surface area contributed by atoms with E-state index in [9.17, 15) is 21.6 Å². The molecular formula is C21H29N3O6S2. The van der Waals surface area contributed by atoms with Crippen LogP contribution in [0.3, 0.4) is 0 Å². The van der Waals surface area contributed by atoms with Gasteiger partial charge in [0.25, 0.3) is 0 Å². The van der Waals surface area contributed by atoms with Crippen LogP contribution < -0.4 is 10.1 Å². The maximum absolute atomic E-state index is 13.1. The van der Waals surface area contributed by atoms with Crippen molar-refractivity contribution in [1.82, 2.24) is 13.9 Å². The Kier molecular flexibility index (Phi) is 8.41. The number of sulfonamides is 2. The van der Waals surface area contributed by atoms with Gasteiger partial charge in [0.2, 0.25) is 26.0 Å². The topological polar surface area (TPSA) is 113 Å². The summed E-state index contributed by atoms with van der Waals surface area (Å²) in [6.45, 7) is 3.30. The highest BCUT2D eigenvalue weighted by molar-refractivity contribution is 7.89. The Morgan fingerprint density at radius 1 is 1.00 bits per heavy atom. The van der Waals surface area contributed by atoms with Crippen molar-refractivity contribution in [1.29, 1.82) is 0 Å². The van der Waals surface area contributed by atoms with Crippen LogP contribution >= 0.6 is 0 Å². The lowest BCUT2D eigenvalue weighted by molar-refractivity contribution is -0.121. The lowest BCUT2D eigenvalue weighted by atomic mass is 10.2. The maximum Gasteiger partial charge on any atom is 0.247 e. The summed E-state index contributed by atoms with van der Waals surface area (Å²) in [5.41, 5.74) is 1.44. The third-order valence-electron chi connectivity index (χ3n) is 4.80. The molecule has 0 aliphatic carbocycles. The van der Waals surface area contributed by atoms with Crippen LogP contribution in [-0.4, -0.2) is 65.6 Å². The molecule has 0 spiro atoms. The van der Waals surface area contributed by atoms with Crippen molar-refractivity contribution in [3.8, 4) is 5.75 Å². The lowest BCUT2D eigenvalue weighted by Crippen LogP contribution is -2.40. The Morgan fingerprint density at radius 3 is 2.16 bits per heavy atom. The second-order valence-electron chi connectivity index (χ2n) is 7.29. The van der Waals surface area contributed by atoms with Gasteiger partial charge in [-0.05, 0) is 42.3 Å². The molecule has 1 N–H and O–H groups in total. The molecule has 0 saturated heterocycles. The fourth-order valence-corrected chi connectivity index (χ4v) is 5.45. The van der Waals surface area contributed by atoms with Crippen molar-refractivity contribution in [2.24, 2.45) is 0 Å². The summed E-state index contributed by atoms with van der Waals surface area (Å²) in [6, 6.07) is 11.0. The number of ether oxygens (including phenoxy) is 1. The van der Waals surface area contributed by atoms with E-state index in [1.54, 1.807) is 38.1 Å². The number of amides is 1. The number of nitrogens with one attached hydrogen (secondary N) is 1. The first-order chi connectivity index (χ1) is 14.9. The fourth-order valence-electron chi connectivity index (χ4n) is 2.90. The van der Waals surface area contributed by atoms with Gasteiger partial charge in [0.1, 0.15) is 10.6 Å². The van der Waals surface area contributed by atoms with Crippen LogP contribution in [0, 0.1) is 6.92 Å². The highest BCUT2D eigenvalue weighted by Gasteiger charge is 2.28. The number of carbonyl (C=O) groups excluding carboxylic acids is 1. The molecular weight excluding hydrogens is 454 g/mol. The number of nitrogens with zero attached hydrogens (tertiary/aromatic N) is 2. The molecule has 0 bridgehead atoms. The van der Waals surface area contributed by atoms with Crippen molar-refractivity contribution in [3.05, 3.63) is 53.6 Å². The standard InChI is InChI=1S/C21H29N3O6S2/c1-6-24(32(28,29)20-13-16(2)7-12-19(20)30-5)15-21(25)22-14-17-8-10-18(11-9-17)31(26,27)23(3)4/h7-13H,6,14-15H2,1-5H3,(H,22,25). The van der Waals surface area contributed by atoms with Crippen molar-refractivity contribution in [2.75, 3.05) is 34.3 Å². The highest BCUT2D eigenvalue weighted by atomic mass is 32.2. The minimum atomic E-state index is -3.95. The zero-order valence-electron chi connectivity index (χ0n) is 18.8. The molecule has 0 radical (unpaired) electrons. The van der Waals surface area contributed by atoms with Crippen molar-refractivity contribution >= 4 is 26.0 Å². The molecule has 0 aliphatic heterocycles. The van der Waals surface area contributed by atoms with Crippen LogP contribution in [0.2, 0.25) is 0 Å². The molecule has 11 heteroatoms. The van der Waals surface area contributed by atoms with Crippen molar-refractivity contribution < 1.29 is 26.4 Å². The average Bonchev–Trinajstić information content (AvgIpc) is 2.76. The Bertz CT molecular complexity index is 1160. The van der Waals surface area contributed by atoms with Gasteiger partial charge in [0.05, 0.1) is 18.6 Å². The van der Waals surface area contributed by atoms with Gasteiger partial charge in [0, 0.05) is 27.2 Å². The quantitative estimate of drug-likeness (QED) is 0.549. The lowest BCUT2D eigenvalue weighted by Gasteiger charge is -2.21. The van der Waals surface area contributed by atoms with E-state index in [0.717, 1.165) is 14.2 Å². The van der Waals surface area contributed by atoms with E-state index >= 15 is 0 Å². The third kappa shape index (κ3) is 5.85. The predicted octanol–water partition coefficient (Wildman–Crippen LogP) is 1.58. The summed E-state index contributed by atoms with van der Waals surface area (Å²) < 4.78 is 57.8. The van der Waals surface area contributed by atoms with E-state index < -0.39 is 26.0 Å². The number of carbonyl (C=O) groups is 1. The molecule has 9 nitrogen and oxygen atoms in total. The smallest absolute Gasteiger partial charge is 0.247 e. The molecule has 176 valence electrons. The normalized spacial score (nSPS) is 12.2. The molecule has 0 heterocycles. The molecule has 0 atom stereocenters. The number of hydrogen-bond acceptors (Lipinski definition) is 6. The van der Waals surface area contributed by atoms with Crippen LogP contribution in [0.25, 0.3) is 0 Å². The van der Waals surface area contributed by atoms with Gasteiger partial charge < -0.3 is 10.1 Å². The van der Waals surface area contributed by atoms with Crippen molar-refractivity contribution in [2.45, 2.75) is 30.2 Å². The zero-order chi connectivity index (χ0) is 24.1. The van der Waals surface area contributed by atoms with E-state index in [2.05, 4.69) is 5.32 Å². The number of likely N-dealkylation sites (N-methyl/N-ethyl adjacent to an activating group) is 1. The molecule has 0 fully saturated rings. The summed E-state index contributed by atoms with van der Waals surface area (Å²) >= 11 is 0. The summed E-state index contributed by atoms with van der Waals surface area (Å²) in [7, 11) is -3.20. The van der Waals surface area contributed by atoms with Gasteiger partial charge in [-0.1, -0.05) is 25.1 Å². The largest absolute Gasteiger partial charge is 0.495 e. The Morgan fingerprint density at radius 2 is 1.62 bits per heavy atom. The zero-order valence-corrected chi connectivity index (χ0v) is 20.5. The number of aryl methyl sites for hydroxylation is 1. The Balaban J connectivity index is 2.09. The third-order valence-corrected chi connectivity index (χ3v) is 8.57. The van der Waals surface area contributed by atoms with E-state index in [-0.39, 0.29) is 35.2 Å². The van der Waals surface area contributed by atoms with Crippen LogP contribution in [-0.2, 0) is 31.4 Å². The minimum absolute atomic E-state index is 0.00680. The Hall–Kier alpha value is -2.47. The Labute approximate surface area is 190 Å². The molecule has 2 aromatic carbocycles. The number of benzene rings is 2. The molecule has 2 rings (SSSR count). The first kappa shape index (κ1) is 25.8. The maximum atomic E-state index is 13.1. The van der Waals surface area contributed by atoms with Crippen LogP contribution in [0.5, 0.6) is 5.75 Å². The minimum Gasteiger partial charge on any atom is -0.495 e. The van der Waals surface area contributed by atoms with E-state index in [1.165, 1.54) is 39.4 Å². The SMILES string of the molecule is CCN(CC(=O)NCc1ccc(S(=O)(=O)N(C)C)cc1)S(=O)(=O)c1cc(C)ccc1OC. The molecule has 0 aliphatic rings. The van der Waals surface area contributed by atoms with Gasteiger partial charge in [0.15, 0.2) is 0 Å². The first-order valence-corrected chi connectivity index (χ1v) is 12.7. The van der Waals surface area contributed by atoms with Gasteiger partial charge in [-0.3, -0.25) is 4.79 Å². The highest BCUT2D eigenvalue weighted by Crippen LogP contribution is 2.27. The van der Waals surface area contributed by atoms with Gasteiger partial charge in [-0.2, -0.15) is 4.31 Å². The van der Waals surface area contributed by atoms with E-state index in [1.807, 2.05) is 0 Å². The van der Waals surface area contributed by atoms with Crippen molar-refractivity contribution in [3.63, 3.8) is 0 Å². The molecule has 0 saturated carbocycles. The second-order valence-corrected chi connectivity index (χ2v) is 11.4. The van der Waals surface area contributed by atoms with Crippen LogP contribution in [0.15, 0.2) is 52.3 Å². The van der Waals surface area contributed by atoms with E-state index in [0.29, 0.717) is 5.56 Å². The molecule has 0 aromatic heterocycles. The summed E-state index contributed by atoms with van der Waals surface area (Å²) in [4.78, 5) is 12.6. The van der Waals surface area contributed by atoms with E-state index in [4.69, 9.17) is 4.74 Å². The van der Waals surface area contributed by atoms with Gasteiger partial charge in [-0.15, -0.1) is 0 Å². The molecule has 2 aromatic rings. The number of rotatable bonds is 10. The first-order valence-electron chi connectivity index (χ1n) is 9.86. The second kappa shape index (κ2) is 10.4. The fraction of sp³-hybridized carbons (Fsp3) is 0.381. The predicted molar refractivity (Wildman–Crippen MR) is 121 cm³/mol. The molecule has 32 heavy (non-hydrogen) atoms. The summed E-state index contributed by atoms with van der Waals surface area (Å²) in [6.07, 6.45) is 0. The summed E-state index contributed by atoms with van der Waals surface area (Å²) in [5.74, 6) is -0.269. The molecule has 0 unspecified atom stereocenters. The van der Waals surface area contributed by atoms with Gasteiger partial charge in [-0.25, -0.2) is 21.1 Å². The summed E-state index contributed by atoms with van der Waals surface area (Å²) in [5, 5.41) is 2.67.